The van der Waals surface area contributed by atoms with E-state index in [4.69, 9.17) is 10.5 Å². The minimum atomic E-state index is -0.890. The van der Waals surface area contributed by atoms with Crippen LogP contribution in [0.1, 0.15) is 25.0 Å². The highest BCUT2D eigenvalue weighted by Crippen LogP contribution is 2.30. The predicted molar refractivity (Wildman–Crippen MR) is 74.7 cm³/mol. The van der Waals surface area contributed by atoms with Crippen LogP contribution >= 0.6 is 0 Å². The number of rotatable bonds is 4. The molecule has 0 aliphatic carbocycles. The van der Waals surface area contributed by atoms with E-state index in [2.05, 4.69) is 0 Å². The lowest BCUT2D eigenvalue weighted by molar-refractivity contribution is 0.339. The van der Waals surface area contributed by atoms with Crippen LogP contribution in [-0.4, -0.2) is 6.61 Å². The molecule has 1 atom stereocenters. The van der Waals surface area contributed by atoms with Crippen molar-refractivity contribution in [3.8, 4) is 5.75 Å². The lowest BCUT2D eigenvalue weighted by Gasteiger charge is -2.26. The van der Waals surface area contributed by atoms with E-state index in [0.717, 1.165) is 11.3 Å². The minimum Gasteiger partial charge on any atom is -0.494 e. The SMILES string of the molecule is CCOc1cccc(C(C)(N)c2ccccc2F)c1. The predicted octanol–water partition coefficient (Wildman–Crippen LogP) is 3.45. The number of benzene rings is 2. The van der Waals surface area contributed by atoms with Crippen LogP contribution in [0, 0.1) is 5.82 Å². The van der Waals surface area contributed by atoms with Gasteiger partial charge in [0.25, 0.3) is 0 Å². The molecule has 0 bridgehead atoms. The van der Waals surface area contributed by atoms with E-state index in [-0.39, 0.29) is 5.82 Å². The molecule has 0 spiro atoms. The molecule has 0 aliphatic rings. The van der Waals surface area contributed by atoms with Crippen molar-refractivity contribution in [2.75, 3.05) is 6.61 Å². The van der Waals surface area contributed by atoms with Gasteiger partial charge in [0.05, 0.1) is 12.1 Å². The molecule has 2 aromatic carbocycles. The van der Waals surface area contributed by atoms with Crippen molar-refractivity contribution in [2.24, 2.45) is 5.73 Å². The first-order chi connectivity index (χ1) is 9.05. The molecule has 0 heterocycles. The molecular formula is C16H18FNO. The first kappa shape index (κ1) is 13.6. The fraction of sp³-hybridized carbons (Fsp3) is 0.250. The molecule has 100 valence electrons. The summed E-state index contributed by atoms with van der Waals surface area (Å²) in [5, 5.41) is 0. The van der Waals surface area contributed by atoms with Crippen molar-refractivity contribution in [1.82, 2.24) is 0 Å². The van der Waals surface area contributed by atoms with E-state index in [1.54, 1.807) is 25.1 Å². The van der Waals surface area contributed by atoms with Gasteiger partial charge >= 0.3 is 0 Å². The van der Waals surface area contributed by atoms with E-state index in [1.807, 2.05) is 31.2 Å². The summed E-state index contributed by atoms with van der Waals surface area (Å²) in [5.74, 6) is 0.447. The van der Waals surface area contributed by atoms with E-state index >= 15 is 0 Å². The van der Waals surface area contributed by atoms with Crippen LogP contribution in [0.2, 0.25) is 0 Å². The number of hydrogen-bond acceptors (Lipinski definition) is 2. The fourth-order valence-corrected chi connectivity index (χ4v) is 2.11. The van der Waals surface area contributed by atoms with Gasteiger partial charge in [-0.15, -0.1) is 0 Å². The van der Waals surface area contributed by atoms with E-state index in [9.17, 15) is 4.39 Å². The molecule has 19 heavy (non-hydrogen) atoms. The van der Waals surface area contributed by atoms with Crippen molar-refractivity contribution >= 4 is 0 Å². The fourth-order valence-electron chi connectivity index (χ4n) is 2.11. The highest BCUT2D eigenvalue weighted by atomic mass is 19.1. The normalized spacial score (nSPS) is 13.9. The number of halogens is 1. The molecule has 0 radical (unpaired) electrons. The maximum absolute atomic E-state index is 13.9. The summed E-state index contributed by atoms with van der Waals surface area (Å²) in [6.45, 7) is 4.31. The topological polar surface area (TPSA) is 35.2 Å². The average Bonchev–Trinajstić information content (AvgIpc) is 2.40. The van der Waals surface area contributed by atoms with Gasteiger partial charge < -0.3 is 10.5 Å². The summed E-state index contributed by atoms with van der Waals surface area (Å²) in [4.78, 5) is 0. The number of hydrogen-bond donors (Lipinski definition) is 1. The van der Waals surface area contributed by atoms with Gasteiger partial charge in [-0.05, 0) is 37.6 Å². The molecule has 2 rings (SSSR count). The van der Waals surface area contributed by atoms with E-state index < -0.39 is 5.54 Å². The maximum Gasteiger partial charge on any atom is 0.128 e. The lowest BCUT2D eigenvalue weighted by atomic mass is 9.85. The van der Waals surface area contributed by atoms with Crippen LogP contribution in [0.15, 0.2) is 48.5 Å². The van der Waals surface area contributed by atoms with Crippen molar-refractivity contribution in [2.45, 2.75) is 19.4 Å². The van der Waals surface area contributed by atoms with Crippen molar-refractivity contribution < 1.29 is 9.13 Å². The third-order valence-electron chi connectivity index (χ3n) is 3.18. The van der Waals surface area contributed by atoms with Crippen LogP contribution in [0.25, 0.3) is 0 Å². The third kappa shape index (κ3) is 2.76. The Morgan fingerprint density at radius 3 is 2.58 bits per heavy atom. The van der Waals surface area contributed by atoms with E-state index in [1.165, 1.54) is 6.07 Å². The van der Waals surface area contributed by atoms with Gasteiger partial charge in [-0.2, -0.15) is 0 Å². The van der Waals surface area contributed by atoms with Crippen LogP contribution in [0.5, 0.6) is 5.75 Å². The average molecular weight is 259 g/mol. The zero-order valence-corrected chi connectivity index (χ0v) is 11.2. The van der Waals surface area contributed by atoms with Gasteiger partial charge in [0.2, 0.25) is 0 Å². The Morgan fingerprint density at radius 1 is 1.16 bits per heavy atom. The molecule has 0 aliphatic heterocycles. The summed E-state index contributed by atoms with van der Waals surface area (Å²) < 4.78 is 19.4. The summed E-state index contributed by atoms with van der Waals surface area (Å²) in [7, 11) is 0. The molecule has 0 amide bonds. The first-order valence-electron chi connectivity index (χ1n) is 6.33. The highest BCUT2D eigenvalue weighted by Gasteiger charge is 2.26. The van der Waals surface area contributed by atoms with E-state index in [0.29, 0.717) is 12.2 Å². The maximum atomic E-state index is 13.9. The third-order valence-corrected chi connectivity index (χ3v) is 3.18. The van der Waals surface area contributed by atoms with Gasteiger partial charge in [0.15, 0.2) is 0 Å². The summed E-state index contributed by atoms with van der Waals surface area (Å²) in [6, 6.07) is 14.1. The monoisotopic (exact) mass is 259 g/mol. The van der Waals surface area contributed by atoms with Crippen molar-refractivity contribution in [3.63, 3.8) is 0 Å². The zero-order chi connectivity index (χ0) is 13.9. The second kappa shape index (κ2) is 5.41. The molecule has 1 unspecified atom stereocenters. The van der Waals surface area contributed by atoms with Crippen LogP contribution in [0.4, 0.5) is 4.39 Å². The lowest BCUT2D eigenvalue weighted by Crippen LogP contribution is -2.35. The van der Waals surface area contributed by atoms with Crippen molar-refractivity contribution in [3.05, 3.63) is 65.5 Å². The largest absolute Gasteiger partial charge is 0.494 e. The summed E-state index contributed by atoms with van der Waals surface area (Å²) >= 11 is 0. The smallest absolute Gasteiger partial charge is 0.128 e. The molecule has 3 heteroatoms. The quantitative estimate of drug-likeness (QED) is 0.912. The Kier molecular flexibility index (Phi) is 3.86. The Morgan fingerprint density at radius 2 is 1.89 bits per heavy atom. The molecule has 2 nitrogen and oxygen atoms in total. The zero-order valence-electron chi connectivity index (χ0n) is 11.2. The number of ether oxygens (including phenoxy) is 1. The molecule has 2 N–H and O–H groups in total. The Hall–Kier alpha value is -1.87. The summed E-state index contributed by atoms with van der Waals surface area (Å²) in [6.07, 6.45) is 0. The van der Waals surface area contributed by atoms with Gasteiger partial charge in [-0.1, -0.05) is 30.3 Å². The molecule has 0 saturated heterocycles. The minimum absolute atomic E-state index is 0.297. The molecule has 2 aromatic rings. The van der Waals surface area contributed by atoms with Gasteiger partial charge in [-0.3, -0.25) is 0 Å². The van der Waals surface area contributed by atoms with Crippen LogP contribution < -0.4 is 10.5 Å². The Balaban J connectivity index is 2.44. The van der Waals surface area contributed by atoms with Crippen LogP contribution in [0.3, 0.4) is 0 Å². The van der Waals surface area contributed by atoms with Gasteiger partial charge in [0, 0.05) is 5.56 Å². The standard InChI is InChI=1S/C16H18FNO/c1-3-19-13-8-6-7-12(11-13)16(2,18)14-9-4-5-10-15(14)17/h4-11H,3,18H2,1-2H3. The Bertz CT molecular complexity index is 566. The van der Waals surface area contributed by atoms with Crippen molar-refractivity contribution in [1.29, 1.82) is 0 Å². The highest BCUT2D eigenvalue weighted by molar-refractivity contribution is 5.41. The van der Waals surface area contributed by atoms with Crippen LogP contribution in [-0.2, 0) is 5.54 Å². The van der Waals surface area contributed by atoms with Gasteiger partial charge in [0.1, 0.15) is 11.6 Å². The first-order valence-corrected chi connectivity index (χ1v) is 6.33. The second-order valence-electron chi connectivity index (χ2n) is 4.64. The second-order valence-corrected chi connectivity index (χ2v) is 4.64. The molecule has 0 aromatic heterocycles. The molecule has 0 saturated carbocycles. The molecule has 0 fully saturated rings. The number of nitrogens with two attached hydrogens (primary N) is 1. The molecular weight excluding hydrogens is 241 g/mol. The Labute approximate surface area is 113 Å². The summed E-state index contributed by atoms with van der Waals surface area (Å²) in [5.41, 5.74) is 6.74. The van der Waals surface area contributed by atoms with Gasteiger partial charge in [-0.25, -0.2) is 4.39 Å².